The third kappa shape index (κ3) is 41.4. The molecule has 0 aliphatic heterocycles. The van der Waals surface area contributed by atoms with Crippen LogP contribution in [0.15, 0.2) is 0 Å². The number of hydrogen-bond acceptors (Lipinski definition) is 6. The van der Waals surface area contributed by atoms with E-state index in [0.29, 0.717) is 19.3 Å². The highest BCUT2D eigenvalue weighted by atomic mass is 16.6. The Hall–Kier alpha value is -1.59. The standard InChI is InChI=1S/C47H90O6/c1-41(2)33-27-21-15-12-10-8-7-9-11-13-17-26-32-38-47(50)53-44(40-52-46(49)37-31-25-20-19-23-29-35-43(5)6)39-51-45(48)36-30-24-18-14-16-22-28-34-42(3)4/h41-44H,7-40H2,1-6H3/t44-/m0/s1. The molecule has 0 radical (unpaired) electrons. The van der Waals surface area contributed by atoms with Crippen LogP contribution in [0.1, 0.15) is 247 Å². The van der Waals surface area contributed by atoms with Gasteiger partial charge in [0.15, 0.2) is 6.10 Å². The van der Waals surface area contributed by atoms with Gasteiger partial charge in [-0.25, -0.2) is 0 Å². The molecule has 0 unspecified atom stereocenters. The van der Waals surface area contributed by atoms with Crippen molar-refractivity contribution >= 4 is 17.9 Å². The maximum atomic E-state index is 12.7. The van der Waals surface area contributed by atoms with Crippen LogP contribution in [0.5, 0.6) is 0 Å². The van der Waals surface area contributed by atoms with Crippen LogP contribution in [0, 0.1) is 17.8 Å². The molecular weight excluding hydrogens is 661 g/mol. The van der Waals surface area contributed by atoms with Gasteiger partial charge in [0, 0.05) is 19.3 Å². The highest BCUT2D eigenvalue weighted by Gasteiger charge is 2.19. The zero-order valence-electron chi connectivity index (χ0n) is 36.3. The van der Waals surface area contributed by atoms with Gasteiger partial charge in [0.05, 0.1) is 0 Å². The van der Waals surface area contributed by atoms with Crippen molar-refractivity contribution < 1.29 is 28.6 Å². The summed E-state index contributed by atoms with van der Waals surface area (Å²) < 4.78 is 16.7. The van der Waals surface area contributed by atoms with Gasteiger partial charge in [-0.15, -0.1) is 0 Å². The molecule has 53 heavy (non-hydrogen) atoms. The zero-order chi connectivity index (χ0) is 39.2. The SMILES string of the molecule is CC(C)CCCCCCCCCCCCCCCC(=O)O[C@@H](COC(=O)CCCCCCCCCC(C)C)COC(=O)CCCCCCCCC(C)C. The molecule has 0 aromatic heterocycles. The lowest BCUT2D eigenvalue weighted by Crippen LogP contribution is -2.30. The van der Waals surface area contributed by atoms with E-state index >= 15 is 0 Å². The molecule has 0 N–H and O–H groups in total. The molecule has 0 saturated carbocycles. The first kappa shape index (κ1) is 51.4. The van der Waals surface area contributed by atoms with E-state index in [9.17, 15) is 14.4 Å². The number of carbonyl (C=O) groups excluding carboxylic acids is 3. The van der Waals surface area contributed by atoms with Crippen LogP contribution in [0.25, 0.3) is 0 Å². The van der Waals surface area contributed by atoms with E-state index in [4.69, 9.17) is 14.2 Å². The number of ether oxygens (including phenoxy) is 3. The van der Waals surface area contributed by atoms with E-state index in [1.54, 1.807) is 0 Å². The third-order valence-electron chi connectivity index (χ3n) is 10.4. The Morgan fingerprint density at radius 3 is 0.811 bits per heavy atom. The smallest absolute Gasteiger partial charge is 0.306 e. The highest BCUT2D eigenvalue weighted by Crippen LogP contribution is 2.17. The summed E-state index contributed by atoms with van der Waals surface area (Å²) >= 11 is 0. The Morgan fingerprint density at radius 1 is 0.321 bits per heavy atom. The summed E-state index contributed by atoms with van der Waals surface area (Å²) in [5, 5.41) is 0. The topological polar surface area (TPSA) is 78.9 Å². The summed E-state index contributed by atoms with van der Waals surface area (Å²) in [5.41, 5.74) is 0. The number of carbonyl (C=O) groups is 3. The second-order valence-electron chi connectivity index (χ2n) is 17.5. The van der Waals surface area contributed by atoms with Gasteiger partial charge in [-0.05, 0) is 37.0 Å². The second kappa shape index (κ2) is 38.7. The minimum Gasteiger partial charge on any atom is -0.462 e. The molecule has 0 spiro atoms. The molecule has 0 saturated heterocycles. The first-order valence-electron chi connectivity index (χ1n) is 23.1. The van der Waals surface area contributed by atoms with Crippen LogP contribution in [0.3, 0.4) is 0 Å². The van der Waals surface area contributed by atoms with Gasteiger partial charge < -0.3 is 14.2 Å². The quantitative estimate of drug-likeness (QED) is 0.0352. The van der Waals surface area contributed by atoms with E-state index in [1.807, 2.05) is 0 Å². The Kier molecular flexibility index (Phi) is 37.5. The molecule has 0 aromatic carbocycles. The van der Waals surface area contributed by atoms with Gasteiger partial charge >= 0.3 is 17.9 Å². The zero-order valence-corrected chi connectivity index (χ0v) is 36.3. The fourth-order valence-corrected chi connectivity index (χ4v) is 6.88. The molecule has 0 aliphatic rings. The normalized spacial score (nSPS) is 12.2. The largest absolute Gasteiger partial charge is 0.462 e. The molecule has 6 heteroatoms. The van der Waals surface area contributed by atoms with Crippen LogP contribution in [-0.4, -0.2) is 37.2 Å². The van der Waals surface area contributed by atoms with E-state index in [2.05, 4.69) is 41.5 Å². The second-order valence-corrected chi connectivity index (χ2v) is 17.5. The first-order valence-corrected chi connectivity index (χ1v) is 23.1. The number of unbranched alkanes of at least 4 members (excludes halogenated alkanes) is 23. The summed E-state index contributed by atoms with van der Waals surface area (Å²) in [6.45, 7) is 13.6. The molecule has 6 nitrogen and oxygen atoms in total. The van der Waals surface area contributed by atoms with Crippen molar-refractivity contribution in [2.75, 3.05) is 13.2 Å². The van der Waals surface area contributed by atoms with E-state index in [1.165, 1.54) is 128 Å². The lowest BCUT2D eigenvalue weighted by Gasteiger charge is -2.18. The molecule has 0 fully saturated rings. The molecule has 0 bridgehead atoms. The average Bonchev–Trinajstić information content (AvgIpc) is 3.11. The van der Waals surface area contributed by atoms with Crippen molar-refractivity contribution in [3.05, 3.63) is 0 Å². The minimum absolute atomic E-state index is 0.0672. The van der Waals surface area contributed by atoms with Crippen molar-refractivity contribution in [1.29, 1.82) is 0 Å². The van der Waals surface area contributed by atoms with Crippen molar-refractivity contribution in [1.82, 2.24) is 0 Å². The first-order chi connectivity index (χ1) is 25.6. The maximum Gasteiger partial charge on any atom is 0.306 e. The fraction of sp³-hybridized carbons (Fsp3) is 0.936. The van der Waals surface area contributed by atoms with E-state index in [0.717, 1.165) is 75.5 Å². The summed E-state index contributed by atoms with van der Waals surface area (Å²) in [5.74, 6) is 1.52. The molecular formula is C47H90O6. The molecule has 1 atom stereocenters. The summed E-state index contributed by atoms with van der Waals surface area (Å²) in [7, 11) is 0. The lowest BCUT2D eigenvalue weighted by molar-refractivity contribution is -0.167. The Labute approximate surface area is 329 Å². The summed E-state index contributed by atoms with van der Waals surface area (Å²) in [6.07, 6.45) is 35.4. The van der Waals surface area contributed by atoms with Crippen LogP contribution in [0.2, 0.25) is 0 Å². The monoisotopic (exact) mass is 751 g/mol. The minimum atomic E-state index is -0.762. The van der Waals surface area contributed by atoms with Crippen LogP contribution in [0.4, 0.5) is 0 Å². The molecule has 0 amide bonds. The molecule has 0 heterocycles. The molecule has 0 aliphatic carbocycles. The predicted octanol–water partition coefficient (Wildman–Crippen LogP) is 14.4. The highest BCUT2D eigenvalue weighted by molar-refractivity contribution is 5.71. The van der Waals surface area contributed by atoms with Gasteiger partial charge in [0.2, 0.25) is 0 Å². The summed E-state index contributed by atoms with van der Waals surface area (Å²) in [6, 6.07) is 0. The third-order valence-corrected chi connectivity index (χ3v) is 10.4. The maximum absolute atomic E-state index is 12.7. The van der Waals surface area contributed by atoms with Gasteiger partial charge in [0.1, 0.15) is 13.2 Å². The number of hydrogen-bond donors (Lipinski definition) is 0. The Bertz CT molecular complexity index is 822. The van der Waals surface area contributed by atoms with Crippen molar-refractivity contribution in [3.63, 3.8) is 0 Å². The van der Waals surface area contributed by atoms with Gasteiger partial charge in [-0.1, -0.05) is 208 Å². The number of rotatable bonds is 40. The van der Waals surface area contributed by atoms with Gasteiger partial charge in [0.25, 0.3) is 0 Å². The average molecular weight is 751 g/mol. The van der Waals surface area contributed by atoms with E-state index in [-0.39, 0.29) is 31.1 Å². The fourth-order valence-electron chi connectivity index (χ4n) is 6.88. The van der Waals surface area contributed by atoms with Crippen LogP contribution in [-0.2, 0) is 28.6 Å². The van der Waals surface area contributed by atoms with E-state index < -0.39 is 6.10 Å². The van der Waals surface area contributed by atoms with Gasteiger partial charge in [-0.3, -0.25) is 14.4 Å². The van der Waals surface area contributed by atoms with Crippen molar-refractivity contribution in [2.45, 2.75) is 253 Å². The molecule has 314 valence electrons. The van der Waals surface area contributed by atoms with Crippen LogP contribution >= 0.6 is 0 Å². The predicted molar refractivity (Wildman–Crippen MR) is 224 cm³/mol. The van der Waals surface area contributed by atoms with Gasteiger partial charge in [-0.2, -0.15) is 0 Å². The van der Waals surface area contributed by atoms with Crippen molar-refractivity contribution in [3.8, 4) is 0 Å². The van der Waals surface area contributed by atoms with Crippen molar-refractivity contribution in [2.24, 2.45) is 17.8 Å². The molecule has 0 aromatic rings. The lowest BCUT2D eigenvalue weighted by atomic mass is 10.0. The Morgan fingerprint density at radius 2 is 0.547 bits per heavy atom. The Balaban J connectivity index is 4.30. The summed E-state index contributed by atoms with van der Waals surface area (Å²) in [4.78, 5) is 37.7. The molecule has 0 rings (SSSR count). The number of esters is 3. The van der Waals surface area contributed by atoms with Crippen LogP contribution < -0.4 is 0 Å².